The number of benzene rings is 1. The molecule has 0 fully saturated rings. The second kappa shape index (κ2) is 5.18. The van der Waals surface area contributed by atoms with Crippen molar-refractivity contribution >= 4 is 15.7 Å². The van der Waals surface area contributed by atoms with Crippen molar-refractivity contribution in [2.24, 2.45) is 5.73 Å². The van der Waals surface area contributed by atoms with Gasteiger partial charge in [-0.2, -0.15) is 0 Å². The highest BCUT2D eigenvalue weighted by Gasteiger charge is 2.15. The zero-order chi connectivity index (χ0) is 13.1. The number of nitrogens with two attached hydrogens (primary N) is 1. The van der Waals surface area contributed by atoms with Gasteiger partial charge in [0.15, 0.2) is 9.84 Å². The largest absolute Gasteiger partial charge is 0.495 e. The molecule has 1 radical (unpaired) electrons. The van der Waals surface area contributed by atoms with E-state index in [1.165, 1.54) is 13.2 Å². The molecule has 0 spiro atoms. The molecule has 93 valence electrons. The molecule has 0 aromatic heterocycles. The minimum absolute atomic E-state index is 0.0650. The van der Waals surface area contributed by atoms with E-state index in [-0.39, 0.29) is 17.1 Å². The van der Waals surface area contributed by atoms with E-state index >= 15 is 0 Å². The monoisotopic (exact) mass is 256 g/mol. The van der Waals surface area contributed by atoms with Gasteiger partial charge in [0.25, 0.3) is 0 Å². The molecule has 1 aromatic carbocycles. The highest BCUT2D eigenvalue weighted by molar-refractivity contribution is 7.90. The Labute approximate surface area is 100 Å². The Bertz CT molecular complexity index is 522. The molecule has 0 heterocycles. The summed E-state index contributed by atoms with van der Waals surface area (Å²) in [5.41, 5.74) is 5.62. The van der Waals surface area contributed by atoms with Crippen molar-refractivity contribution < 1.29 is 17.9 Å². The molecular formula is C11H14NO4S. The molecule has 17 heavy (non-hydrogen) atoms. The van der Waals surface area contributed by atoms with E-state index in [1.54, 1.807) is 18.6 Å². The lowest BCUT2D eigenvalue weighted by atomic mass is 10.1. The van der Waals surface area contributed by atoms with E-state index in [0.29, 0.717) is 5.56 Å². The normalized spacial score (nSPS) is 11.2. The van der Waals surface area contributed by atoms with Crippen LogP contribution >= 0.6 is 0 Å². The molecular weight excluding hydrogens is 242 g/mol. The second-order valence-electron chi connectivity index (χ2n) is 3.56. The third kappa shape index (κ3) is 3.74. The van der Waals surface area contributed by atoms with Crippen molar-refractivity contribution in [3.05, 3.63) is 30.2 Å². The molecule has 1 aromatic rings. The molecule has 0 saturated heterocycles. The molecule has 0 aliphatic carbocycles. The molecule has 0 aliphatic rings. The molecule has 1 rings (SSSR count). The van der Waals surface area contributed by atoms with Crippen LogP contribution in [0.25, 0.3) is 0 Å². The summed E-state index contributed by atoms with van der Waals surface area (Å²) in [6, 6.07) is 4.66. The van der Waals surface area contributed by atoms with E-state index in [9.17, 15) is 13.2 Å². The lowest BCUT2D eigenvalue weighted by Crippen LogP contribution is -2.10. The Balaban J connectivity index is 3.10. The third-order valence-electron chi connectivity index (χ3n) is 2.13. The maximum Gasteiger partial charge on any atom is 0.218 e. The lowest BCUT2D eigenvalue weighted by molar-refractivity contribution is -0.117. The highest BCUT2D eigenvalue weighted by atomic mass is 32.2. The Morgan fingerprint density at radius 1 is 1.47 bits per heavy atom. The number of carbonyl (C=O) groups is 1. The number of primary amides is 1. The molecule has 0 unspecified atom stereocenters. The van der Waals surface area contributed by atoms with Crippen LogP contribution in [0.4, 0.5) is 0 Å². The average Bonchev–Trinajstić information content (AvgIpc) is 2.24. The van der Waals surface area contributed by atoms with Gasteiger partial charge in [0.1, 0.15) is 10.6 Å². The molecule has 0 atom stereocenters. The van der Waals surface area contributed by atoms with Gasteiger partial charge in [-0.1, -0.05) is 6.07 Å². The quantitative estimate of drug-likeness (QED) is 0.832. The van der Waals surface area contributed by atoms with Crippen LogP contribution in [-0.2, 0) is 14.6 Å². The topological polar surface area (TPSA) is 86.5 Å². The van der Waals surface area contributed by atoms with Gasteiger partial charge in [-0.25, -0.2) is 8.42 Å². The number of methoxy groups -OCH3 is 1. The number of ether oxygens (including phenoxy) is 1. The summed E-state index contributed by atoms with van der Waals surface area (Å²) in [6.45, 7) is 0. The molecule has 0 saturated carbocycles. The van der Waals surface area contributed by atoms with E-state index in [0.717, 1.165) is 6.26 Å². The molecule has 0 bridgehead atoms. The first kappa shape index (κ1) is 13.5. The number of sulfone groups is 1. The number of hydrogen-bond donors (Lipinski definition) is 1. The first-order valence-corrected chi connectivity index (χ1v) is 6.73. The maximum absolute atomic E-state index is 11.5. The summed E-state index contributed by atoms with van der Waals surface area (Å²) in [4.78, 5) is 10.7. The number of hydrogen-bond acceptors (Lipinski definition) is 4. The van der Waals surface area contributed by atoms with Crippen molar-refractivity contribution in [1.82, 2.24) is 0 Å². The zero-order valence-electron chi connectivity index (χ0n) is 9.64. The van der Waals surface area contributed by atoms with E-state index in [4.69, 9.17) is 10.5 Å². The summed E-state index contributed by atoms with van der Waals surface area (Å²) in [7, 11) is -1.97. The maximum atomic E-state index is 11.5. The predicted molar refractivity (Wildman–Crippen MR) is 63.3 cm³/mol. The smallest absolute Gasteiger partial charge is 0.218 e. The van der Waals surface area contributed by atoms with Gasteiger partial charge in [-0.3, -0.25) is 4.79 Å². The number of rotatable bonds is 5. The minimum atomic E-state index is -3.37. The van der Waals surface area contributed by atoms with Crippen LogP contribution in [0.3, 0.4) is 0 Å². The Morgan fingerprint density at radius 3 is 2.59 bits per heavy atom. The summed E-state index contributed by atoms with van der Waals surface area (Å²) in [5, 5.41) is 0. The van der Waals surface area contributed by atoms with Gasteiger partial charge in [-0.15, -0.1) is 0 Å². The molecule has 5 nitrogen and oxygen atoms in total. The zero-order valence-corrected chi connectivity index (χ0v) is 10.5. The fourth-order valence-electron chi connectivity index (χ4n) is 1.33. The second-order valence-corrected chi connectivity index (χ2v) is 5.54. The average molecular weight is 256 g/mol. The molecule has 1 amide bonds. The first-order chi connectivity index (χ1) is 7.84. The van der Waals surface area contributed by atoms with Gasteiger partial charge in [-0.05, 0) is 17.7 Å². The van der Waals surface area contributed by atoms with Crippen molar-refractivity contribution in [3.63, 3.8) is 0 Å². The fourth-order valence-corrected chi connectivity index (χ4v) is 2.20. The van der Waals surface area contributed by atoms with Gasteiger partial charge in [0.2, 0.25) is 5.91 Å². The Kier molecular flexibility index (Phi) is 4.11. The van der Waals surface area contributed by atoms with Crippen LogP contribution in [0.15, 0.2) is 23.1 Å². The van der Waals surface area contributed by atoms with Crippen molar-refractivity contribution in [2.45, 2.75) is 11.3 Å². The van der Waals surface area contributed by atoms with E-state index < -0.39 is 15.7 Å². The lowest BCUT2D eigenvalue weighted by Gasteiger charge is -2.08. The van der Waals surface area contributed by atoms with Gasteiger partial charge >= 0.3 is 0 Å². The van der Waals surface area contributed by atoms with Crippen LogP contribution in [-0.4, -0.2) is 27.7 Å². The van der Waals surface area contributed by atoms with E-state index in [1.807, 2.05) is 0 Å². The highest BCUT2D eigenvalue weighted by Crippen LogP contribution is 2.25. The number of carbonyl (C=O) groups excluding carboxylic acids is 1. The SMILES string of the molecule is COc1ccc([CH]CC(N)=O)cc1S(C)(=O)=O. The van der Waals surface area contributed by atoms with Crippen LogP contribution in [0.5, 0.6) is 5.75 Å². The fraction of sp³-hybridized carbons (Fsp3) is 0.273. The van der Waals surface area contributed by atoms with Gasteiger partial charge in [0, 0.05) is 19.1 Å². The third-order valence-corrected chi connectivity index (χ3v) is 3.24. The van der Waals surface area contributed by atoms with Crippen LogP contribution < -0.4 is 10.5 Å². The first-order valence-electron chi connectivity index (χ1n) is 4.84. The predicted octanol–water partition coefficient (Wildman–Crippen LogP) is 0.526. The molecule has 0 aliphatic heterocycles. The van der Waals surface area contributed by atoms with Crippen molar-refractivity contribution in [1.29, 1.82) is 0 Å². The van der Waals surface area contributed by atoms with Crippen LogP contribution in [0, 0.1) is 6.42 Å². The summed E-state index contributed by atoms with van der Waals surface area (Å²) >= 11 is 0. The van der Waals surface area contributed by atoms with Crippen LogP contribution in [0.2, 0.25) is 0 Å². The van der Waals surface area contributed by atoms with Gasteiger partial charge < -0.3 is 10.5 Å². The summed E-state index contributed by atoms with van der Waals surface area (Å²) < 4.78 is 28.0. The molecule has 6 heteroatoms. The van der Waals surface area contributed by atoms with Gasteiger partial charge in [0.05, 0.1) is 7.11 Å². The Hall–Kier alpha value is -1.56. The Morgan fingerprint density at radius 2 is 2.12 bits per heavy atom. The summed E-state index contributed by atoms with van der Waals surface area (Å²) in [6.07, 6.45) is 2.73. The number of amides is 1. The van der Waals surface area contributed by atoms with Crippen LogP contribution in [0.1, 0.15) is 12.0 Å². The minimum Gasteiger partial charge on any atom is -0.495 e. The van der Waals surface area contributed by atoms with E-state index in [2.05, 4.69) is 0 Å². The van der Waals surface area contributed by atoms with Crippen molar-refractivity contribution in [2.75, 3.05) is 13.4 Å². The summed E-state index contributed by atoms with van der Waals surface area (Å²) in [5.74, 6) is -0.189. The molecule has 2 N–H and O–H groups in total. The van der Waals surface area contributed by atoms with Crippen molar-refractivity contribution in [3.8, 4) is 5.75 Å². The standard InChI is InChI=1S/C11H14NO4S/c1-16-9-5-3-8(4-6-11(12)13)7-10(9)17(2,14)15/h3-5,7H,6H2,1-2H3,(H2,12,13).